The number of carbonyl (C=O) groups is 3. The van der Waals surface area contributed by atoms with Crippen molar-refractivity contribution in [2.45, 2.75) is 19.8 Å². The summed E-state index contributed by atoms with van der Waals surface area (Å²) in [6, 6.07) is 0. The lowest BCUT2D eigenvalue weighted by atomic mass is 10.3. The molecule has 17 heavy (non-hydrogen) atoms. The van der Waals surface area contributed by atoms with E-state index in [1.165, 1.54) is 6.92 Å². The Kier molecular flexibility index (Phi) is 7.36. The van der Waals surface area contributed by atoms with Gasteiger partial charge in [-0.05, 0) is 6.92 Å². The molecule has 0 saturated carbocycles. The van der Waals surface area contributed by atoms with Crippen LogP contribution in [0, 0.1) is 0 Å². The number of esters is 1. The van der Waals surface area contributed by atoms with E-state index in [0.717, 1.165) is 0 Å². The van der Waals surface area contributed by atoms with Crippen LogP contribution in [0.2, 0.25) is 0 Å². The summed E-state index contributed by atoms with van der Waals surface area (Å²) >= 11 is 0. The van der Waals surface area contributed by atoms with Gasteiger partial charge >= 0.3 is 17.9 Å². The minimum absolute atomic E-state index is 0.123. The smallest absolute Gasteiger partial charge is 0.368 e. The minimum Gasteiger partial charge on any atom is -0.481 e. The Morgan fingerprint density at radius 1 is 1.18 bits per heavy atom. The highest BCUT2D eigenvalue weighted by molar-refractivity contribution is 5.86. The summed E-state index contributed by atoms with van der Waals surface area (Å²) in [7, 11) is 0. The second-order valence-corrected chi connectivity index (χ2v) is 3.09. The molecule has 0 aliphatic rings. The van der Waals surface area contributed by atoms with Crippen LogP contribution >= 0.6 is 0 Å². The first-order chi connectivity index (χ1) is 7.93. The van der Waals surface area contributed by atoms with Crippen LogP contribution in [0.5, 0.6) is 0 Å². The molecule has 0 aromatic carbocycles. The van der Waals surface area contributed by atoms with Gasteiger partial charge in [0.05, 0.1) is 12.8 Å². The third kappa shape index (κ3) is 9.06. The molecule has 0 unspecified atom stereocenters. The Morgan fingerprint density at radius 3 is 2.35 bits per heavy atom. The van der Waals surface area contributed by atoms with Gasteiger partial charge in [0.25, 0.3) is 0 Å². The molecule has 0 fully saturated rings. The zero-order valence-electron chi connectivity index (χ0n) is 9.43. The monoisotopic (exact) mass is 246 g/mol. The Hall–Kier alpha value is -1.89. The number of hydrogen-bond donors (Lipinski definition) is 1. The van der Waals surface area contributed by atoms with Gasteiger partial charge in [-0.2, -0.15) is 4.89 Å². The van der Waals surface area contributed by atoms with Gasteiger partial charge in [-0.1, -0.05) is 6.58 Å². The van der Waals surface area contributed by atoms with Gasteiger partial charge in [-0.25, -0.2) is 4.79 Å². The standard InChI is InChI=1S/C10H14O7/c1-7(2)10(14)17-16-6-5-15-9(13)4-3-8(11)12/h1,3-6H2,2H3,(H,11,12). The Labute approximate surface area is 97.9 Å². The number of aliphatic carboxylic acids is 1. The van der Waals surface area contributed by atoms with Crippen LogP contribution in [0.4, 0.5) is 0 Å². The van der Waals surface area contributed by atoms with Crippen molar-refractivity contribution in [2.75, 3.05) is 13.2 Å². The molecule has 7 heteroatoms. The molecule has 0 rings (SSSR count). The number of rotatable bonds is 8. The van der Waals surface area contributed by atoms with Crippen LogP contribution in [0.3, 0.4) is 0 Å². The van der Waals surface area contributed by atoms with Gasteiger partial charge in [-0.15, -0.1) is 0 Å². The molecule has 0 amide bonds. The van der Waals surface area contributed by atoms with E-state index < -0.39 is 17.9 Å². The predicted molar refractivity (Wildman–Crippen MR) is 54.7 cm³/mol. The highest BCUT2D eigenvalue weighted by Crippen LogP contribution is 1.95. The summed E-state index contributed by atoms with van der Waals surface area (Å²) in [5.41, 5.74) is 0.184. The molecule has 0 spiro atoms. The second-order valence-electron chi connectivity index (χ2n) is 3.09. The molecule has 0 aromatic rings. The topological polar surface area (TPSA) is 99.1 Å². The molecule has 0 heterocycles. The third-order valence-electron chi connectivity index (χ3n) is 1.46. The lowest BCUT2D eigenvalue weighted by Crippen LogP contribution is -2.14. The van der Waals surface area contributed by atoms with Crippen molar-refractivity contribution in [3.8, 4) is 0 Å². The number of hydrogen-bond acceptors (Lipinski definition) is 6. The molecule has 0 aliphatic heterocycles. The van der Waals surface area contributed by atoms with E-state index in [1.807, 2.05) is 0 Å². The van der Waals surface area contributed by atoms with E-state index in [2.05, 4.69) is 21.1 Å². The van der Waals surface area contributed by atoms with E-state index in [0.29, 0.717) is 0 Å². The van der Waals surface area contributed by atoms with Crippen LogP contribution in [0.15, 0.2) is 12.2 Å². The van der Waals surface area contributed by atoms with Gasteiger partial charge < -0.3 is 9.84 Å². The molecule has 1 N–H and O–H groups in total. The van der Waals surface area contributed by atoms with Crippen LogP contribution < -0.4 is 0 Å². The summed E-state index contributed by atoms with van der Waals surface area (Å²) < 4.78 is 4.59. The molecule has 0 atom stereocenters. The van der Waals surface area contributed by atoms with Crippen molar-refractivity contribution in [3.63, 3.8) is 0 Å². The summed E-state index contributed by atoms with van der Waals surface area (Å²) in [5, 5.41) is 8.29. The summed E-state index contributed by atoms with van der Waals surface area (Å²) in [6.45, 7) is 4.53. The normalized spacial score (nSPS) is 9.47. The van der Waals surface area contributed by atoms with Crippen LogP contribution in [0.1, 0.15) is 19.8 Å². The van der Waals surface area contributed by atoms with E-state index in [9.17, 15) is 14.4 Å². The lowest BCUT2D eigenvalue weighted by Gasteiger charge is -2.04. The fourth-order valence-electron chi connectivity index (χ4n) is 0.637. The Bertz CT molecular complexity index is 308. The zero-order chi connectivity index (χ0) is 13.3. The molecular weight excluding hydrogens is 232 g/mol. The molecular formula is C10H14O7. The average Bonchev–Trinajstić information content (AvgIpc) is 2.25. The van der Waals surface area contributed by atoms with Crippen molar-refractivity contribution < 1.29 is 34.0 Å². The molecule has 0 radical (unpaired) electrons. The molecule has 0 bridgehead atoms. The SMILES string of the molecule is C=C(C)C(=O)OOCCOC(=O)CCC(=O)O. The predicted octanol–water partition coefficient (Wildman–Crippen LogP) is 0.445. The van der Waals surface area contributed by atoms with Gasteiger partial charge in [0, 0.05) is 5.57 Å². The highest BCUT2D eigenvalue weighted by Gasteiger charge is 2.07. The van der Waals surface area contributed by atoms with Crippen LogP contribution in [-0.4, -0.2) is 36.2 Å². The molecule has 0 saturated heterocycles. The quantitative estimate of drug-likeness (QED) is 0.218. The fourth-order valence-corrected chi connectivity index (χ4v) is 0.637. The maximum Gasteiger partial charge on any atom is 0.368 e. The average molecular weight is 246 g/mol. The summed E-state index contributed by atoms with van der Waals surface area (Å²) in [5.74, 6) is -2.43. The van der Waals surface area contributed by atoms with E-state index in [1.54, 1.807) is 0 Å². The number of carbonyl (C=O) groups excluding carboxylic acids is 2. The van der Waals surface area contributed by atoms with E-state index in [-0.39, 0.29) is 31.6 Å². The minimum atomic E-state index is -1.08. The first-order valence-electron chi connectivity index (χ1n) is 4.80. The number of carboxylic acid groups (broad SMARTS) is 1. The number of carboxylic acids is 1. The summed E-state index contributed by atoms with van der Waals surface area (Å²) in [6.07, 6.45) is -0.495. The third-order valence-corrected chi connectivity index (χ3v) is 1.46. The first kappa shape index (κ1) is 15.1. The molecule has 7 nitrogen and oxygen atoms in total. The van der Waals surface area contributed by atoms with Crippen LogP contribution in [0.25, 0.3) is 0 Å². The van der Waals surface area contributed by atoms with Gasteiger partial charge in [0.15, 0.2) is 0 Å². The van der Waals surface area contributed by atoms with Gasteiger partial charge in [0.2, 0.25) is 0 Å². The molecule has 0 aliphatic carbocycles. The molecule has 0 aromatic heterocycles. The van der Waals surface area contributed by atoms with E-state index >= 15 is 0 Å². The second kappa shape index (κ2) is 8.28. The van der Waals surface area contributed by atoms with Crippen molar-refractivity contribution in [1.82, 2.24) is 0 Å². The van der Waals surface area contributed by atoms with Crippen LogP contribution in [-0.2, 0) is 28.9 Å². The van der Waals surface area contributed by atoms with Crippen molar-refractivity contribution in [3.05, 3.63) is 12.2 Å². The number of ether oxygens (including phenoxy) is 1. The Balaban J connectivity index is 3.45. The zero-order valence-corrected chi connectivity index (χ0v) is 9.43. The fraction of sp³-hybridized carbons (Fsp3) is 0.500. The highest BCUT2D eigenvalue weighted by atomic mass is 17.2. The van der Waals surface area contributed by atoms with Crippen molar-refractivity contribution >= 4 is 17.9 Å². The maximum atomic E-state index is 10.9. The van der Waals surface area contributed by atoms with E-state index in [4.69, 9.17) is 5.11 Å². The van der Waals surface area contributed by atoms with Crippen molar-refractivity contribution in [1.29, 1.82) is 0 Å². The maximum absolute atomic E-state index is 10.9. The molecule has 96 valence electrons. The van der Waals surface area contributed by atoms with Gasteiger partial charge in [-0.3, -0.25) is 14.5 Å². The summed E-state index contributed by atoms with van der Waals surface area (Å²) in [4.78, 5) is 40.5. The van der Waals surface area contributed by atoms with Gasteiger partial charge in [0.1, 0.15) is 13.2 Å². The van der Waals surface area contributed by atoms with Crippen molar-refractivity contribution in [2.24, 2.45) is 0 Å². The largest absolute Gasteiger partial charge is 0.481 e. The lowest BCUT2D eigenvalue weighted by molar-refractivity contribution is -0.271. The first-order valence-corrected chi connectivity index (χ1v) is 4.80. The Morgan fingerprint density at radius 2 is 1.82 bits per heavy atom.